The third-order valence-corrected chi connectivity index (χ3v) is 5.83. The summed E-state index contributed by atoms with van der Waals surface area (Å²) in [5, 5.41) is 2.63. The third kappa shape index (κ3) is 5.80. The van der Waals surface area contributed by atoms with Crippen molar-refractivity contribution in [2.24, 2.45) is 0 Å². The SMILES string of the molecule is CCOC(=O)c1ccc(NC(=O)CN(c2ccc(Br)c(C)c2)S(C)(=O)=O)cc1. The van der Waals surface area contributed by atoms with Crippen molar-refractivity contribution in [2.45, 2.75) is 13.8 Å². The first-order valence-corrected chi connectivity index (χ1v) is 11.1. The van der Waals surface area contributed by atoms with Gasteiger partial charge in [0.25, 0.3) is 0 Å². The van der Waals surface area contributed by atoms with Crippen molar-refractivity contribution in [3.63, 3.8) is 0 Å². The number of rotatable bonds is 7. The van der Waals surface area contributed by atoms with Crippen molar-refractivity contribution in [3.8, 4) is 0 Å². The van der Waals surface area contributed by atoms with Crippen LogP contribution in [0.4, 0.5) is 11.4 Å². The summed E-state index contributed by atoms with van der Waals surface area (Å²) in [4.78, 5) is 24.1. The van der Waals surface area contributed by atoms with E-state index >= 15 is 0 Å². The highest BCUT2D eigenvalue weighted by Crippen LogP contribution is 2.24. The lowest BCUT2D eigenvalue weighted by atomic mass is 10.2. The number of benzene rings is 2. The Bertz CT molecular complexity index is 974. The maximum Gasteiger partial charge on any atom is 0.338 e. The Morgan fingerprint density at radius 3 is 2.32 bits per heavy atom. The highest BCUT2D eigenvalue weighted by molar-refractivity contribution is 9.10. The van der Waals surface area contributed by atoms with Crippen molar-refractivity contribution < 1.29 is 22.7 Å². The molecule has 0 aromatic heterocycles. The predicted octanol–water partition coefficient (Wildman–Crippen LogP) is 3.34. The molecule has 0 radical (unpaired) electrons. The quantitative estimate of drug-likeness (QED) is 0.628. The number of ether oxygens (including phenoxy) is 1. The fourth-order valence-corrected chi connectivity index (χ4v) is 3.51. The first kappa shape index (κ1) is 21.9. The molecule has 0 heterocycles. The Morgan fingerprint density at radius 1 is 1.14 bits per heavy atom. The van der Waals surface area contributed by atoms with Gasteiger partial charge in [-0.1, -0.05) is 15.9 Å². The van der Waals surface area contributed by atoms with E-state index in [4.69, 9.17) is 4.74 Å². The molecule has 7 nitrogen and oxygen atoms in total. The van der Waals surface area contributed by atoms with Crippen LogP contribution in [0.2, 0.25) is 0 Å². The largest absolute Gasteiger partial charge is 0.462 e. The van der Waals surface area contributed by atoms with Gasteiger partial charge in [0.1, 0.15) is 6.54 Å². The number of carbonyl (C=O) groups is 2. The molecule has 0 aliphatic rings. The molecule has 0 aliphatic carbocycles. The van der Waals surface area contributed by atoms with Gasteiger partial charge in [-0.15, -0.1) is 0 Å². The Kier molecular flexibility index (Phi) is 7.20. The highest BCUT2D eigenvalue weighted by Gasteiger charge is 2.21. The van der Waals surface area contributed by atoms with Gasteiger partial charge >= 0.3 is 5.97 Å². The molecule has 2 aromatic rings. The second-order valence-electron chi connectivity index (χ2n) is 6.05. The molecule has 1 N–H and O–H groups in total. The Balaban J connectivity index is 2.14. The molecule has 0 unspecified atom stereocenters. The van der Waals surface area contributed by atoms with Crippen LogP contribution in [-0.2, 0) is 19.6 Å². The van der Waals surface area contributed by atoms with E-state index in [0.29, 0.717) is 16.9 Å². The van der Waals surface area contributed by atoms with E-state index < -0.39 is 21.9 Å². The molecule has 0 atom stereocenters. The van der Waals surface area contributed by atoms with Crippen LogP contribution in [0.3, 0.4) is 0 Å². The summed E-state index contributed by atoms with van der Waals surface area (Å²) < 4.78 is 31.1. The third-order valence-electron chi connectivity index (χ3n) is 3.80. The van der Waals surface area contributed by atoms with Crippen molar-refractivity contribution in [2.75, 3.05) is 29.0 Å². The van der Waals surface area contributed by atoms with Crippen molar-refractivity contribution in [1.82, 2.24) is 0 Å². The summed E-state index contributed by atoms with van der Waals surface area (Å²) in [6, 6.07) is 11.2. The number of carbonyl (C=O) groups excluding carboxylic acids is 2. The van der Waals surface area contributed by atoms with E-state index in [9.17, 15) is 18.0 Å². The molecule has 0 bridgehead atoms. The monoisotopic (exact) mass is 468 g/mol. The van der Waals surface area contributed by atoms with Gasteiger partial charge in [-0.2, -0.15) is 0 Å². The standard InChI is InChI=1S/C19H21BrN2O5S/c1-4-27-19(24)14-5-7-15(8-6-14)21-18(23)12-22(28(3,25)26)16-9-10-17(20)13(2)11-16/h5-11H,4,12H2,1-3H3,(H,21,23). The average molecular weight is 469 g/mol. The molecule has 2 aromatic carbocycles. The molecule has 9 heteroatoms. The molecule has 0 saturated carbocycles. The van der Waals surface area contributed by atoms with Gasteiger partial charge in [0.15, 0.2) is 0 Å². The summed E-state index contributed by atoms with van der Waals surface area (Å²) in [7, 11) is -3.66. The maximum absolute atomic E-state index is 12.4. The van der Waals surface area contributed by atoms with E-state index in [-0.39, 0.29) is 13.2 Å². The number of nitrogens with zero attached hydrogens (tertiary/aromatic N) is 1. The number of amides is 1. The summed E-state index contributed by atoms with van der Waals surface area (Å²) in [6.07, 6.45) is 1.05. The van der Waals surface area contributed by atoms with Crippen LogP contribution in [0.15, 0.2) is 46.9 Å². The second kappa shape index (κ2) is 9.20. The Morgan fingerprint density at radius 2 is 1.79 bits per heavy atom. The van der Waals surface area contributed by atoms with Crippen LogP contribution < -0.4 is 9.62 Å². The number of halogens is 1. The van der Waals surface area contributed by atoms with Crippen LogP contribution in [-0.4, -0.2) is 39.7 Å². The lowest BCUT2D eigenvalue weighted by Crippen LogP contribution is -2.37. The molecular weight excluding hydrogens is 448 g/mol. The molecule has 0 saturated heterocycles. The number of aryl methyl sites for hydroxylation is 1. The Hall–Kier alpha value is -2.39. The number of sulfonamides is 1. The van der Waals surface area contributed by atoms with Crippen molar-refractivity contribution in [1.29, 1.82) is 0 Å². The van der Waals surface area contributed by atoms with E-state index in [1.54, 1.807) is 37.3 Å². The van der Waals surface area contributed by atoms with Gasteiger partial charge in [0.05, 0.1) is 24.1 Å². The van der Waals surface area contributed by atoms with Gasteiger partial charge in [0.2, 0.25) is 15.9 Å². The van der Waals surface area contributed by atoms with Crippen LogP contribution in [0, 0.1) is 6.92 Å². The van der Waals surface area contributed by atoms with Crippen molar-refractivity contribution in [3.05, 3.63) is 58.1 Å². The fraction of sp³-hybridized carbons (Fsp3) is 0.263. The molecular formula is C19H21BrN2O5S. The highest BCUT2D eigenvalue weighted by atomic mass is 79.9. The zero-order chi connectivity index (χ0) is 20.9. The molecule has 28 heavy (non-hydrogen) atoms. The number of hydrogen-bond acceptors (Lipinski definition) is 5. The van der Waals surface area contributed by atoms with E-state index in [1.165, 1.54) is 12.1 Å². The van der Waals surface area contributed by atoms with Crippen LogP contribution in [0.1, 0.15) is 22.8 Å². The summed E-state index contributed by atoms with van der Waals surface area (Å²) in [5.74, 6) is -0.955. The number of esters is 1. The Labute approximate surface area is 172 Å². The topological polar surface area (TPSA) is 92.8 Å². The zero-order valence-electron chi connectivity index (χ0n) is 15.7. The molecule has 0 fully saturated rings. The summed E-state index contributed by atoms with van der Waals surface area (Å²) in [5.41, 5.74) is 2.05. The van der Waals surface area contributed by atoms with Crippen LogP contribution in [0.5, 0.6) is 0 Å². The first-order valence-electron chi connectivity index (χ1n) is 8.42. The number of nitrogens with one attached hydrogen (secondary N) is 1. The molecule has 2 rings (SSSR count). The normalized spacial score (nSPS) is 11.0. The van der Waals surface area contributed by atoms with Gasteiger partial charge < -0.3 is 10.1 Å². The molecule has 0 aliphatic heterocycles. The lowest BCUT2D eigenvalue weighted by Gasteiger charge is -2.22. The van der Waals surface area contributed by atoms with Gasteiger partial charge in [-0.25, -0.2) is 13.2 Å². The van der Waals surface area contributed by atoms with Crippen molar-refractivity contribution >= 4 is 49.2 Å². The zero-order valence-corrected chi connectivity index (χ0v) is 18.1. The molecule has 1 amide bonds. The minimum atomic E-state index is -3.66. The number of hydrogen-bond donors (Lipinski definition) is 1. The van der Waals surface area contributed by atoms with Gasteiger partial charge in [0, 0.05) is 10.2 Å². The minimum Gasteiger partial charge on any atom is -0.462 e. The average Bonchev–Trinajstić information content (AvgIpc) is 2.62. The van der Waals surface area contributed by atoms with E-state index in [1.807, 2.05) is 6.92 Å². The van der Waals surface area contributed by atoms with Gasteiger partial charge in [-0.3, -0.25) is 9.10 Å². The fourth-order valence-electron chi connectivity index (χ4n) is 2.42. The predicted molar refractivity (Wildman–Crippen MR) is 112 cm³/mol. The van der Waals surface area contributed by atoms with Crippen LogP contribution in [0.25, 0.3) is 0 Å². The number of anilines is 2. The minimum absolute atomic E-state index is 0.272. The lowest BCUT2D eigenvalue weighted by molar-refractivity contribution is -0.114. The van der Waals surface area contributed by atoms with Gasteiger partial charge in [-0.05, 0) is 61.9 Å². The maximum atomic E-state index is 12.4. The smallest absolute Gasteiger partial charge is 0.338 e. The van der Waals surface area contributed by atoms with Crippen LogP contribution >= 0.6 is 15.9 Å². The van der Waals surface area contributed by atoms with E-state index in [0.717, 1.165) is 20.6 Å². The summed E-state index contributed by atoms with van der Waals surface area (Å²) >= 11 is 3.37. The summed E-state index contributed by atoms with van der Waals surface area (Å²) in [6.45, 7) is 3.44. The second-order valence-corrected chi connectivity index (χ2v) is 8.81. The van der Waals surface area contributed by atoms with E-state index in [2.05, 4.69) is 21.2 Å². The molecule has 150 valence electrons. The first-order chi connectivity index (χ1) is 13.1. The molecule has 0 spiro atoms.